The van der Waals surface area contributed by atoms with Crippen LogP contribution in [-0.2, 0) is 13.1 Å². The number of likely N-dealkylation sites (tertiary alicyclic amines) is 1. The largest absolute Gasteiger partial charge is 0.496 e. The van der Waals surface area contributed by atoms with Crippen molar-refractivity contribution in [3.63, 3.8) is 0 Å². The summed E-state index contributed by atoms with van der Waals surface area (Å²) in [5.74, 6) is 0.784. The van der Waals surface area contributed by atoms with Gasteiger partial charge in [-0.3, -0.25) is 14.8 Å². The number of thiocarbonyl (C=S) groups is 1. The van der Waals surface area contributed by atoms with Crippen molar-refractivity contribution in [2.24, 2.45) is 15.8 Å². The number of methoxy groups -OCH3 is 1. The number of ether oxygens (including phenoxy) is 1. The lowest BCUT2D eigenvalue weighted by molar-refractivity contribution is 0.0515. The van der Waals surface area contributed by atoms with Crippen molar-refractivity contribution in [1.82, 2.24) is 14.7 Å². The first-order chi connectivity index (χ1) is 19.5. The standard InChI is InChI=1S/C32H30N6OS/c1-39-27-15-9-8-14-26(27)28-31(18-33)20-36(16-24-10-4-2-5-11-24)21-32(28,19-34)30(40)38-23-37(22-35-29(31)38)17-25-12-6-3-7-13-25/h2-15,28H,16-17,20-23H2,1H3/t28-,31+,32+/m0/s1. The predicted molar refractivity (Wildman–Crippen MR) is 157 cm³/mol. The van der Waals surface area contributed by atoms with Crippen LogP contribution in [0.25, 0.3) is 0 Å². The molecule has 2 bridgehead atoms. The van der Waals surface area contributed by atoms with Crippen LogP contribution in [0.3, 0.4) is 0 Å². The SMILES string of the molecule is COc1ccccc1[C@@H]1[C@@]2(C#N)CN(Cc3ccccc3)C[C@@]1(C#N)C1=NCN(Cc3ccccc3)CN1C2=S. The smallest absolute Gasteiger partial charge is 0.136 e. The van der Waals surface area contributed by atoms with Crippen LogP contribution in [0.1, 0.15) is 22.6 Å². The molecular weight excluding hydrogens is 516 g/mol. The number of fused-ring (bicyclic) bond motifs is 4. The molecule has 200 valence electrons. The van der Waals surface area contributed by atoms with Crippen molar-refractivity contribution >= 4 is 23.0 Å². The second kappa shape index (κ2) is 10.5. The lowest BCUT2D eigenvalue weighted by atomic mass is 9.53. The quantitative estimate of drug-likeness (QED) is 0.412. The van der Waals surface area contributed by atoms with Crippen LogP contribution in [0.5, 0.6) is 5.75 Å². The van der Waals surface area contributed by atoms with Crippen LogP contribution in [0.2, 0.25) is 0 Å². The molecule has 2 fully saturated rings. The van der Waals surface area contributed by atoms with Crippen molar-refractivity contribution in [2.75, 3.05) is 33.5 Å². The number of para-hydroxylation sites is 1. The molecule has 7 nitrogen and oxygen atoms in total. The zero-order valence-corrected chi connectivity index (χ0v) is 23.2. The molecule has 0 aliphatic carbocycles. The molecule has 3 aliphatic heterocycles. The molecule has 0 unspecified atom stereocenters. The summed E-state index contributed by atoms with van der Waals surface area (Å²) in [6.07, 6.45) is 0. The average Bonchev–Trinajstić information content (AvgIpc) is 3.00. The van der Waals surface area contributed by atoms with Crippen molar-refractivity contribution in [3.05, 3.63) is 102 Å². The highest BCUT2D eigenvalue weighted by Gasteiger charge is 2.68. The van der Waals surface area contributed by atoms with Gasteiger partial charge >= 0.3 is 0 Å². The molecule has 0 N–H and O–H groups in total. The molecular formula is C32H30N6OS. The number of amidine groups is 1. The molecule has 2 saturated heterocycles. The Morgan fingerprint density at radius 1 is 0.850 bits per heavy atom. The van der Waals surface area contributed by atoms with Gasteiger partial charge in [-0.05, 0) is 17.2 Å². The molecule has 3 heterocycles. The van der Waals surface area contributed by atoms with Gasteiger partial charge in [-0.2, -0.15) is 10.5 Å². The van der Waals surface area contributed by atoms with E-state index >= 15 is 0 Å². The van der Waals surface area contributed by atoms with E-state index in [1.165, 1.54) is 5.56 Å². The number of piperidine rings is 2. The highest BCUT2D eigenvalue weighted by Crippen LogP contribution is 2.59. The van der Waals surface area contributed by atoms with Gasteiger partial charge in [-0.1, -0.05) is 91.1 Å². The summed E-state index contributed by atoms with van der Waals surface area (Å²) in [5.41, 5.74) is 0.888. The summed E-state index contributed by atoms with van der Waals surface area (Å²) < 4.78 is 5.78. The van der Waals surface area contributed by atoms with Crippen LogP contribution in [0.15, 0.2) is 89.9 Å². The van der Waals surface area contributed by atoms with Crippen LogP contribution >= 0.6 is 12.2 Å². The van der Waals surface area contributed by atoms with E-state index in [1.807, 2.05) is 65.6 Å². The Labute approximate surface area is 240 Å². The molecule has 0 spiro atoms. The predicted octanol–water partition coefficient (Wildman–Crippen LogP) is 4.79. The first-order valence-corrected chi connectivity index (χ1v) is 13.8. The number of benzene rings is 3. The van der Waals surface area contributed by atoms with Gasteiger partial charge in [0.2, 0.25) is 0 Å². The Kier molecular flexibility index (Phi) is 6.85. The summed E-state index contributed by atoms with van der Waals surface area (Å²) in [7, 11) is 1.63. The van der Waals surface area contributed by atoms with E-state index < -0.39 is 16.7 Å². The van der Waals surface area contributed by atoms with Gasteiger partial charge in [0.1, 0.15) is 27.4 Å². The summed E-state index contributed by atoms with van der Waals surface area (Å²) in [6.45, 7) is 3.09. The lowest BCUT2D eigenvalue weighted by Crippen LogP contribution is -2.73. The van der Waals surface area contributed by atoms with Crippen molar-refractivity contribution < 1.29 is 4.74 Å². The number of rotatable bonds is 6. The van der Waals surface area contributed by atoms with E-state index in [4.69, 9.17) is 21.9 Å². The second-order valence-electron chi connectivity index (χ2n) is 10.8. The van der Waals surface area contributed by atoms with Gasteiger partial charge in [-0.25, -0.2) is 0 Å². The Balaban J connectivity index is 1.48. The molecule has 3 aromatic rings. The van der Waals surface area contributed by atoms with E-state index in [0.29, 0.717) is 56.1 Å². The number of hydrogen-bond acceptors (Lipinski definition) is 7. The third-order valence-electron chi connectivity index (χ3n) is 8.32. The van der Waals surface area contributed by atoms with E-state index in [1.54, 1.807) is 7.11 Å². The summed E-state index contributed by atoms with van der Waals surface area (Å²) in [5, 5.41) is 22.2. The Morgan fingerprint density at radius 2 is 1.43 bits per heavy atom. The maximum Gasteiger partial charge on any atom is 0.136 e. The van der Waals surface area contributed by atoms with Crippen LogP contribution in [-0.4, -0.2) is 59.1 Å². The van der Waals surface area contributed by atoms with E-state index in [0.717, 1.165) is 11.1 Å². The molecule has 3 aliphatic rings. The van der Waals surface area contributed by atoms with Crippen molar-refractivity contribution in [2.45, 2.75) is 19.0 Å². The fourth-order valence-corrected chi connectivity index (χ4v) is 7.10. The van der Waals surface area contributed by atoms with Crippen molar-refractivity contribution in [3.8, 4) is 17.9 Å². The third kappa shape index (κ3) is 4.17. The van der Waals surface area contributed by atoms with Gasteiger partial charge in [-0.15, -0.1) is 0 Å². The highest BCUT2D eigenvalue weighted by atomic mass is 32.1. The van der Waals surface area contributed by atoms with E-state index in [9.17, 15) is 10.5 Å². The molecule has 6 rings (SSSR count). The van der Waals surface area contributed by atoms with Crippen LogP contribution in [0.4, 0.5) is 0 Å². The fraction of sp³-hybridized carbons (Fsp3) is 0.312. The van der Waals surface area contributed by atoms with Crippen molar-refractivity contribution in [1.29, 1.82) is 10.5 Å². The highest BCUT2D eigenvalue weighted by molar-refractivity contribution is 7.80. The molecule has 0 radical (unpaired) electrons. The van der Waals surface area contributed by atoms with Gasteiger partial charge < -0.3 is 9.64 Å². The van der Waals surface area contributed by atoms with Gasteiger partial charge in [0.15, 0.2) is 0 Å². The number of hydrogen-bond donors (Lipinski definition) is 0. The second-order valence-corrected chi connectivity index (χ2v) is 11.2. The van der Waals surface area contributed by atoms with Crippen LogP contribution in [0, 0.1) is 33.5 Å². The zero-order chi connectivity index (χ0) is 27.7. The molecule has 3 aromatic carbocycles. The summed E-state index contributed by atoms with van der Waals surface area (Å²) in [4.78, 5) is 12.0. The first-order valence-electron chi connectivity index (χ1n) is 13.4. The molecule has 40 heavy (non-hydrogen) atoms. The third-order valence-corrected chi connectivity index (χ3v) is 8.91. The van der Waals surface area contributed by atoms with Gasteiger partial charge in [0.05, 0.1) is 32.6 Å². The fourth-order valence-electron chi connectivity index (χ4n) is 6.73. The molecule has 0 aromatic heterocycles. The molecule has 0 saturated carbocycles. The Hall–Kier alpha value is -4.08. The van der Waals surface area contributed by atoms with Gasteiger partial charge in [0, 0.05) is 37.7 Å². The summed E-state index contributed by atoms with van der Waals surface area (Å²) in [6, 6.07) is 33.5. The lowest BCUT2D eigenvalue weighted by Gasteiger charge is -2.60. The topological polar surface area (TPSA) is 78.9 Å². The Morgan fingerprint density at radius 3 is 2.05 bits per heavy atom. The van der Waals surface area contributed by atoms with Crippen LogP contribution < -0.4 is 4.74 Å². The molecule has 8 heteroatoms. The number of aliphatic imine (C=N–C) groups is 1. The minimum absolute atomic E-state index is 0.409. The molecule has 3 atom stereocenters. The molecule has 0 amide bonds. The zero-order valence-electron chi connectivity index (χ0n) is 22.4. The normalized spacial score (nSPS) is 26.3. The monoisotopic (exact) mass is 546 g/mol. The Bertz CT molecular complexity index is 1530. The first kappa shape index (κ1) is 26.2. The summed E-state index contributed by atoms with van der Waals surface area (Å²) >= 11 is 6.23. The van der Waals surface area contributed by atoms with E-state index in [-0.39, 0.29) is 0 Å². The average molecular weight is 547 g/mol. The number of nitriles is 2. The minimum Gasteiger partial charge on any atom is -0.496 e. The maximum atomic E-state index is 11.1. The van der Waals surface area contributed by atoms with E-state index in [2.05, 4.69) is 46.2 Å². The maximum absolute atomic E-state index is 11.1. The van der Waals surface area contributed by atoms with Gasteiger partial charge in [0.25, 0.3) is 0 Å². The number of nitrogens with zero attached hydrogens (tertiary/aromatic N) is 6. The minimum atomic E-state index is -1.14.